The number of hydrogen-bond donors (Lipinski definition) is 0. The molecule has 0 atom stereocenters. The molecule has 0 aromatic heterocycles. The predicted molar refractivity (Wildman–Crippen MR) is 81.5 cm³/mol. The highest BCUT2D eigenvalue weighted by atomic mass is 15.3. The van der Waals surface area contributed by atoms with E-state index >= 15 is 0 Å². The van der Waals surface area contributed by atoms with Gasteiger partial charge >= 0.3 is 0 Å². The van der Waals surface area contributed by atoms with E-state index in [1.165, 1.54) is 68.9 Å². The van der Waals surface area contributed by atoms with Crippen LogP contribution in [0.15, 0.2) is 0 Å². The van der Waals surface area contributed by atoms with Gasteiger partial charge < -0.3 is 4.48 Å². The van der Waals surface area contributed by atoms with Crippen molar-refractivity contribution in [1.29, 1.82) is 0 Å². The van der Waals surface area contributed by atoms with E-state index in [-0.39, 0.29) is 0 Å². The zero-order chi connectivity index (χ0) is 13.6. The van der Waals surface area contributed by atoms with Crippen LogP contribution in [0, 0.1) is 0 Å². The Labute approximate surface area is 111 Å². The van der Waals surface area contributed by atoms with Gasteiger partial charge in [-0.2, -0.15) is 0 Å². The summed E-state index contributed by atoms with van der Waals surface area (Å²) in [5.41, 5.74) is 0. The van der Waals surface area contributed by atoms with Gasteiger partial charge in [0.05, 0.1) is 27.2 Å². The number of nitrogens with zero attached hydrogens (tertiary/aromatic N) is 1. The van der Waals surface area contributed by atoms with Gasteiger partial charge in [0.25, 0.3) is 0 Å². The van der Waals surface area contributed by atoms with Crippen LogP contribution < -0.4 is 0 Å². The van der Waals surface area contributed by atoms with Gasteiger partial charge in [0.2, 0.25) is 0 Å². The molecule has 17 heavy (non-hydrogen) atoms. The molecule has 0 heterocycles. The summed E-state index contributed by atoms with van der Waals surface area (Å²) in [6.45, 7) is 11.3. The molecule has 0 saturated heterocycles. The molecule has 0 radical (unpaired) electrons. The second-order valence-electron chi connectivity index (χ2n) is 5.50. The highest BCUT2D eigenvalue weighted by Crippen LogP contribution is 2.08. The molecule has 0 amide bonds. The summed E-state index contributed by atoms with van der Waals surface area (Å²) in [5.74, 6) is 0. The third-order valence-corrected chi connectivity index (χ3v) is 3.23. The molecule has 106 valence electrons. The molecule has 0 spiro atoms. The van der Waals surface area contributed by atoms with Gasteiger partial charge in [-0.05, 0) is 25.7 Å². The molecule has 1 heteroatoms. The SMILES string of the molecule is CC.CCCCCC[N+](C)(C)CCCCCC. The van der Waals surface area contributed by atoms with Gasteiger partial charge in [-0.1, -0.05) is 53.4 Å². The second-order valence-corrected chi connectivity index (χ2v) is 5.50. The fourth-order valence-corrected chi connectivity index (χ4v) is 2.05. The summed E-state index contributed by atoms with van der Waals surface area (Å²) in [5, 5.41) is 0. The first kappa shape index (κ1) is 19.3. The Hall–Kier alpha value is -0.0400. The molecule has 0 N–H and O–H groups in total. The van der Waals surface area contributed by atoms with Gasteiger partial charge in [-0.15, -0.1) is 0 Å². The highest BCUT2D eigenvalue weighted by Gasteiger charge is 2.12. The lowest BCUT2D eigenvalue weighted by molar-refractivity contribution is -0.890. The largest absolute Gasteiger partial charge is 0.328 e. The van der Waals surface area contributed by atoms with Crippen molar-refractivity contribution in [2.24, 2.45) is 0 Å². The van der Waals surface area contributed by atoms with Crippen LogP contribution in [-0.2, 0) is 0 Å². The quantitative estimate of drug-likeness (QED) is 0.364. The Bertz CT molecular complexity index is 115. The van der Waals surface area contributed by atoms with Crippen LogP contribution in [0.25, 0.3) is 0 Å². The summed E-state index contributed by atoms with van der Waals surface area (Å²) < 4.78 is 1.23. The lowest BCUT2D eigenvalue weighted by Gasteiger charge is -2.30. The second kappa shape index (κ2) is 14.0. The maximum atomic E-state index is 2.39. The van der Waals surface area contributed by atoms with Gasteiger partial charge in [0, 0.05) is 0 Å². The zero-order valence-corrected chi connectivity index (χ0v) is 13.5. The normalized spacial score (nSPS) is 10.9. The smallest absolute Gasteiger partial charge is 0.0782 e. The summed E-state index contributed by atoms with van der Waals surface area (Å²) in [7, 11) is 4.77. The first-order valence-electron chi connectivity index (χ1n) is 7.94. The first-order valence-corrected chi connectivity index (χ1v) is 7.94. The molecular weight excluding hydrogens is 206 g/mol. The minimum atomic E-state index is 1.23. The van der Waals surface area contributed by atoms with Crippen LogP contribution in [-0.4, -0.2) is 31.7 Å². The monoisotopic (exact) mass is 244 g/mol. The molecule has 1 nitrogen and oxygen atoms in total. The molecule has 0 saturated carbocycles. The van der Waals surface area contributed by atoms with Crippen LogP contribution in [0.4, 0.5) is 0 Å². The fourth-order valence-electron chi connectivity index (χ4n) is 2.05. The third-order valence-electron chi connectivity index (χ3n) is 3.23. The minimum absolute atomic E-state index is 1.23. The Kier molecular flexibility index (Phi) is 15.9. The van der Waals surface area contributed by atoms with Crippen molar-refractivity contribution in [1.82, 2.24) is 0 Å². The molecule has 0 rings (SSSR count). The van der Waals surface area contributed by atoms with Crippen molar-refractivity contribution in [3.63, 3.8) is 0 Å². The fraction of sp³-hybridized carbons (Fsp3) is 1.00. The lowest BCUT2D eigenvalue weighted by atomic mass is 10.1. The predicted octanol–water partition coefficient (Wildman–Crippen LogP) is 5.25. The Balaban J connectivity index is 0. The molecule has 0 aliphatic carbocycles. The van der Waals surface area contributed by atoms with Crippen molar-refractivity contribution >= 4 is 0 Å². The summed E-state index contributed by atoms with van der Waals surface area (Å²) >= 11 is 0. The maximum absolute atomic E-state index is 2.39. The summed E-state index contributed by atoms with van der Waals surface area (Å²) in [6.07, 6.45) is 11.2. The van der Waals surface area contributed by atoms with Gasteiger partial charge in [0.1, 0.15) is 0 Å². The molecule has 0 aromatic carbocycles. The van der Waals surface area contributed by atoms with E-state index in [0.29, 0.717) is 0 Å². The molecule has 0 unspecified atom stereocenters. The summed E-state index contributed by atoms with van der Waals surface area (Å²) in [6, 6.07) is 0. The van der Waals surface area contributed by atoms with Crippen molar-refractivity contribution in [3.05, 3.63) is 0 Å². The number of unbranched alkanes of at least 4 members (excludes halogenated alkanes) is 6. The average molecular weight is 244 g/mol. The minimum Gasteiger partial charge on any atom is -0.328 e. The maximum Gasteiger partial charge on any atom is 0.0782 e. The van der Waals surface area contributed by atoms with E-state index in [1.807, 2.05) is 13.8 Å². The Morgan fingerprint density at radius 3 is 1.24 bits per heavy atom. The summed E-state index contributed by atoms with van der Waals surface area (Å²) in [4.78, 5) is 0. The van der Waals surface area contributed by atoms with E-state index < -0.39 is 0 Å². The Morgan fingerprint density at radius 2 is 0.941 bits per heavy atom. The zero-order valence-electron chi connectivity index (χ0n) is 13.5. The molecule has 0 aliphatic heterocycles. The lowest BCUT2D eigenvalue weighted by Crippen LogP contribution is -2.41. The van der Waals surface area contributed by atoms with Crippen molar-refractivity contribution < 1.29 is 4.48 Å². The van der Waals surface area contributed by atoms with Gasteiger partial charge in [-0.3, -0.25) is 0 Å². The van der Waals surface area contributed by atoms with E-state index in [2.05, 4.69) is 27.9 Å². The molecule has 0 aliphatic rings. The number of hydrogen-bond acceptors (Lipinski definition) is 0. The van der Waals surface area contributed by atoms with E-state index in [0.717, 1.165) is 0 Å². The molecular formula is C16H38N+. The number of rotatable bonds is 10. The van der Waals surface area contributed by atoms with E-state index in [9.17, 15) is 0 Å². The van der Waals surface area contributed by atoms with Crippen molar-refractivity contribution in [2.75, 3.05) is 27.2 Å². The Morgan fingerprint density at radius 1 is 0.588 bits per heavy atom. The van der Waals surface area contributed by atoms with Crippen LogP contribution >= 0.6 is 0 Å². The average Bonchev–Trinajstić information content (AvgIpc) is 2.33. The van der Waals surface area contributed by atoms with Gasteiger partial charge in [0.15, 0.2) is 0 Å². The molecule has 0 aromatic rings. The number of quaternary nitrogens is 1. The van der Waals surface area contributed by atoms with E-state index in [4.69, 9.17) is 0 Å². The third kappa shape index (κ3) is 16.0. The van der Waals surface area contributed by atoms with E-state index in [1.54, 1.807) is 0 Å². The van der Waals surface area contributed by atoms with Crippen LogP contribution in [0.2, 0.25) is 0 Å². The molecule has 0 fully saturated rings. The van der Waals surface area contributed by atoms with Crippen LogP contribution in [0.3, 0.4) is 0 Å². The first-order chi connectivity index (χ1) is 8.12. The molecule has 0 bridgehead atoms. The van der Waals surface area contributed by atoms with Gasteiger partial charge in [-0.25, -0.2) is 0 Å². The van der Waals surface area contributed by atoms with Crippen LogP contribution in [0.1, 0.15) is 79.1 Å². The van der Waals surface area contributed by atoms with Crippen molar-refractivity contribution in [2.45, 2.75) is 79.1 Å². The standard InChI is InChI=1S/C14H32N.C2H6/c1-5-7-9-11-13-15(3,4)14-12-10-8-6-2;1-2/h5-14H2,1-4H3;1-2H3/q+1;. The highest BCUT2D eigenvalue weighted by molar-refractivity contribution is 4.43. The van der Waals surface area contributed by atoms with Crippen LogP contribution in [0.5, 0.6) is 0 Å². The van der Waals surface area contributed by atoms with Crippen molar-refractivity contribution in [3.8, 4) is 0 Å². The topological polar surface area (TPSA) is 0 Å².